The number of para-hydroxylation sites is 4. The van der Waals surface area contributed by atoms with Gasteiger partial charge in [-0.05, 0) is 72.8 Å². The van der Waals surface area contributed by atoms with Crippen LogP contribution in [0.1, 0.15) is 0 Å². The van der Waals surface area contributed by atoms with E-state index in [0.29, 0.717) is 0 Å². The summed E-state index contributed by atoms with van der Waals surface area (Å²) in [6.07, 6.45) is 0. The van der Waals surface area contributed by atoms with Gasteiger partial charge in [0.1, 0.15) is 11.2 Å². The predicted octanol–water partition coefficient (Wildman–Crippen LogP) is 16.6. The number of nitrogens with zero attached hydrogens (tertiary/aromatic N) is 2. The second-order valence-corrected chi connectivity index (χ2v) is 17.4. The zero-order valence-corrected chi connectivity index (χ0v) is 33.2. The second kappa shape index (κ2) is 12.7. The normalized spacial score (nSPS) is 12.1. The molecule has 3 nitrogen and oxygen atoms in total. The van der Waals surface area contributed by atoms with Crippen molar-refractivity contribution in [3.05, 3.63) is 194 Å². The molecule has 5 heteroatoms. The van der Waals surface area contributed by atoms with Crippen molar-refractivity contribution in [1.29, 1.82) is 0 Å². The molecule has 0 unspecified atom stereocenters. The molecule has 13 aromatic rings. The van der Waals surface area contributed by atoms with Gasteiger partial charge in [-0.2, -0.15) is 0 Å². The summed E-state index contributed by atoms with van der Waals surface area (Å²) in [5.41, 5.74) is 10.7. The first-order valence-corrected chi connectivity index (χ1v) is 21.6. The Morgan fingerprint density at radius 2 is 0.983 bits per heavy atom. The van der Waals surface area contributed by atoms with Gasteiger partial charge >= 0.3 is 0 Å². The first-order chi connectivity index (χ1) is 29.3. The third-order valence-corrected chi connectivity index (χ3v) is 14.3. The highest BCUT2D eigenvalue weighted by molar-refractivity contribution is 7.26. The summed E-state index contributed by atoms with van der Waals surface area (Å²) in [6, 6.07) is 70.6. The van der Waals surface area contributed by atoms with Crippen molar-refractivity contribution in [3.63, 3.8) is 0 Å². The van der Waals surface area contributed by atoms with Gasteiger partial charge in [-0.25, -0.2) is 0 Å². The highest BCUT2D eigenvalue weighted by Crippen LogP contribution is 2.50. The molecular formula is C54H32N2OS2. The van der Waals surface area contributed by atoms with Gasteiger partial charge in [0.15, 0.2) is 0 Å². The minimum Gasteiger partial charge on any atom is -0.455 e. The van der Waals surface area contributed by atoms with Crippen LogP contribution in [0.25, 0.3) is 101 Å². The highest BCUT2D eigenvalue weighted by Gasteiger charge is 2.25. The highest BCUT2D eigenvalue weighted by atomic mass is 32.1. The summed E-state index contributed by atoms with van der Waals surface area (Å²) in [7, 11) is 0. The number of hydrogen-bond donors (Lipinski definition) is 0. The van der Waals surface area contributed by atoms with E-state index in [1.807, 2.05) is 22.7 Å². The van der Waals surface area contributed by atoms with Crippen molar-refractivity contribution in [1.82, 2.24) is 4.57 Å². The van der Waals surface area contributed by atoms with Gasteiger partial charge in [0.2, 0.25) is 0 Å². The minimum atomic E-state index is 0.867. The van der Waals surface area contributed by atoms with Crippen LogP contribution in [0.3, 0.4) is 0 Å². The number of aromatic nitrogens is 1. The number of rotatable bonds is 5. The Kier molecular flexibility index (Phi) is 7.05. The SMILES string of the molecule is c1ccc(-n2c3ccccc3c3cccc(-c4ccc(N(c5ccc6c(c5)sc5ccccc56)c5ccc6c(c5)sc5ccccc56)c5c4oc4ccccc45)c32)cc1. The molecule has 4 heterocycles. The number of thiophene rings is 2. The van der Waals surface area contributed by atoms with Crippen LogP contribution < -0.4 is 4.90 Å². The molecule has 0 bridgehead atoms. The van der Waals surface area contributed by atoms with E-state index in [9.17, 15) is 0 Å². The Balaban J connectivity index is 1.11. The van der Waals surface area contributed by atoms with E-state index >= 15 is 0 Å². The standard InChI is InChI=1S/C54H32N2OS2/c1-2-13-33(14-3-1)56-45-21-8-4-15-36(45)41-19-12-20-42(53(41)56)43-29-30-46(52-44-18-5-9-22-47(44)57-54(43)52)55(34-25-27-39-37-16-6-10-23-48(37)58-50(39)31-34)35-26-28-40-38-17-7-11-24-49(38)59-51(40)32-35/h1-32H. The van der Waals surface area contributed by atoms with Crippen LogP contribution in [-0.2, 0) is 0 Å². The van der Waals surface area contributed by atoms with Crippen LogP contribution >= 0.6 is 22.7 Å². The lowest BCUT2D eigenvalue weighted by Crippen LogP contribution is -2.10. The summed E-state index contributed by atoms with van der Waals surface area (Å²) in [5, 5.41) is 9.78. The molecule has 0 saturated heterocycles. The van der Waals surface area contributed by atoms with Crippen LogP contribution in [0.5, 0.6) is 0 Å². The summed E-state index contributed by atoms with van der Waals surface area (Å²) in [4.78, 5) is 2.45. The lowest BCUT2D eigenvalue weighted by Gasteiger charge is -2.27. The molecule has 9 aromatic carbocycles. The molecule has 0 spiro atoms. The summed E-state index contributed by atoms with van der Waals surface area (Å²) in [6.45, 7) is 0. The molecule has 0 radical (unpaired) electrons. The quantitative estimate of drug-likeness (QED) is 0.173. The van der Waals surface area contributed by atoms with Crippen molar-refractivity contribution >= 4 is 124 Å². The average molecular weight is 789 g/mol. The largest absolute Gasteiger partial charge is 0.455 e. The van der Waals surface area contributed by atoms with E-state index in [4.69, 9.17) is 4.42 Å². The van der Waals surface area contributed by atoms with Crippen molar-refractivity contribution in [2.75, 3.05) is 4.90 Å². The van der Waals surface area contributed by atoms with E-state index < -0.39 is 0 Å². The third-order valence-electron chi connectivity index (χ3n) is 12.0. The summed E-state index contributed by atoms with van der Waals surface area (Å²) in [5.74, 6) is 0. The molecule has 59 heavy (non-hydrogen) atoms. The van der Waals surface area contributed by atoms with Crippen LogP contribution in [0, 0.1) is 0 Å². The number of hydrogen-bond acceptors (Lipinski definition) is 4. The van der Waals surface area contributed by atoms with E-state index in [2.05, 4.69) is 204 Å². The Bertz CT molecular complexity index is 3700. The van der Waals surface area contributed by atoms with Crippen molar-refractivity contribution < 1.29 is 4.42 Å². The van der Waals surface area contributed by atoms with Crippen LogP contribution in [0.15, 0.2) is 199 Å². The maximum absolute atomic E-state index is 7.06. The molecule has 276 valence electrons. The van der Waals surface area contributed by atoms with Gasteiger partial charge in [-0.15, -0.1) is 22.7 Å². The Morgan fingerprint density at radius 3 is 1.69 bits per heavy atom. The molecule has 0 N–H and O–H groups in total. The van der Waals surface area contributed by atoms with Gasteiger partial charge < -0.3 is 13.9 Å². The zero-order valence-electron chi connectivity index (χ0n) is 31.6. The minimum absolute atomic E-state index is 0.867. The monoisotopic (exact) mass is 788 g/mol. The predicted molar refractivity (Wildman–Crippen MR) is 254 cm³/mol. The maximum Gasteiger partial charge on any atom is 0.145 e. The number of anilines is 3. The first-order valence-electron chi connectivity index (χ1n) is 19.9. The van der Waals surface area contributed by atoms with Gasteiger partial charge in [0, 0.05) is 84.7 Å². The molecule has 0 atom stereocenters. The van der Waals surface area contributed by atoms with Gasteiger partial charge in [-0.3, -0.25) is 0 Å². The smallest absolute Gasteiger partial charge is 0.145 e. The van der Waals surface area contributed by atoms with Crippen molar-refractivity contribution in [2.24, 2.45) is 0 Å². The van der Waals surface area contributed by atoms with Crippen molar-refractivity contribution in [2.45, 2.75) is 0 Å². The van der Waals surface area contributed by atoms with Crippen molar-refractivity contribution in [3.8, 4) is 16.8 Å². The fourth-order valence-corrected chi connectivity index (χ4v) is 11.7. The molecule has 0 aliphatic heterocycles. The number of benzene rings is 9. The van der Waals surface area contributed by atoms with Crippen LogP contribution in [0.4, 0.5) is 17.1 Å². The first kappa shape index (κ1) is 32.9. The zero-order chi connectivity index (χ0) is 38.6. The van der Waals surface area contributed by atoms with E-state index in [0.717, 1.165) is 61.3 Å². The molecular weight excluding hydrogens is 757 g/mol. The maximum atomic E-state index is 7.06. The molecule has 0 aliphatic carbocycles. The van der Waals surface area contributed by atoms with E-state index in [1.54, 1.807) is 0 Å². The lowest BCUT2D eigenvalue weighted by molar-refractivity contribution is 0.670. The van der Waals surface area contributed by atoms with Gasteiger partial charge in [0.05, 0.1) is 22.1 Å². The molecule has 0 aliphatic rings. The molecule has 0 saturated carbocycles. The molecule has 0 fully saturated rings. The third kappa shape index (κ3) is 4.86. The fraction of sp³-hybridized carbons (Fsp3) is 0. The fourth-order valence-electron chi connectivity index (χ4n) is 9.42. The Morgan fingerprint density at radius 1 is 0.407 bits per heavy atom. The topological polar surface area (TPSA) is 21.3 Å². The van der Waals surface area contributed by atoms with E-state index in [1.165, 1.54) is 56.6 Å². The Labute approximate surface area is 346 Å². The van der Waals surface area contributed by atoms with Crippen LogP contribution in [-0.4, -0.2) is 4.57 Å². The Hall–Kier alpha value is -7.18. The summed E-state index contributed by atoms with van der Waals surface area (Å²) >= 11 is 3.71. The molecule has 0 amide bonds. The molecule has 13 rings (SSSR count). The number of fused-ring (bicyclic) bond motifs is 12. The van der Waals surface area contributed by atoms with Gasteiger partial charge in [0.25, 0.3) is 0 Å². The number of furan rings is 1. The summed E-state index contributed by atoms with van der Waals surface area (Å²) < 4.78 is 14.6. The molecule has 4 aromatic heterocycles. The van der Waals surface area contributed by atoms with Gasteiger partial charge in [-0.1, -0.05) is 121 Å². The lowest BCUT2D eigenvalue weighted by atomic mass is 9.97. The second-order valence-electron chi connectivity index (χ2n) is 15.2. The van der Waals surface area contributed by atoms with E-state index in [-0.39, 0.29) is 0 Å². The van der Waals surface area contributed by atoms with Crippen LogP contribution in [0.2, 0.25) is 0 Å². The average Bonchev–Trinajstić information content (AvgIpc) is 4.06.